The normalized spacial score (nSPS) is 14.3. The molecule has 0 bridgehead atoms. The van der Waals surface area contributed by atoms with Crippen molar-refractivity contribution in [1.82, 2.24) is 0 Å². The fourth-order valence-corrected chi connectivity index (χ4v) is 10.5. The quantitative estimate of drug-likeness (QED) is 0.159. The third kappa shape index (κ3) is 5.22. The Kier molecular flexibility index (Phi) is 8.11. The first-order valence-electron chi connectivity index (χ1n) is 21.1. The first-order valence-corrected chi connectivity index (χ1v) is 21.1. The summed E-state index contributed by atoms with van der Waals surface area (Å²) in [6.07, 6.45) is 0. The Labute approximate surface area is 356 Å². The summed E-state index contributed by atoms with van der Waals surface area (Å²) in [4.78, 5) is 4.96. The molecule has 10 aromatic carbocycles. The van der Waals surface area contributed by atoms with Crippen LogP contribution in [0.2, 0.25) is 0 Å². The monoisotopic (exact) mass is 776 g/mol. The highest BCUT2D eigenvalue weighted by Gasteiger charge is 2.53. The number of anilines is 6. The van der Waals surface area contributed by atoms with Crippen molar-refractivity contribution in [1.29, 1.82) is 0 Å². The zero-order valence-corrected chi connectivity index (χ0v) is 33.5. The molecule has 0 radical (unpaired) electrons. The maximum absolute atomic E-state index is 2.50. The van der Waals surface area contributed by atoms with Gasteiger partial charge in [-0.25, -0.2) is 0 Å². The van der Waals surface area contributed by atoms with Gasteiger partial charge in [0.25, 0.3) is 0 Å². The van der Waals surface area contributed by atoms with Gasteiger partial charge in [-0.05, 0) is 98.9 Å². The van der Waals surface area contributed by atoms with Crippen LogP contribution in [0.3, 0.4) is 0 Å². The first kappa shape index (κ1) is 35.0. The fourth-order valence-electron chi connectivity index (χ4n) is 10.5. The Bertz CT molecular complexity index is 3210. The number of para-hydroxylation sites is 4. The Morgan fingerprint density at radius 1 is 0.295 bits per heavy atom. The molecule has 1 spiro atoms. The fraction of sp³-hybridized carbons (Fsp3) is 0.0169. The third-order valence-corrected chi connectivity index (χ3v) is 12.8. The van der Waals surface area contributed by atoms with Crippen LogP contribution in [0, 0.1) is 0 Å². The van der Waals surface area contributed by atoms with Crippen molar-refractivity contribution in [2.45, 2.75) is 5.41 Å². The molecule has 0 amide bonds. The zero-order valence-electron chi connectivity index (χ0n) is 33.5. The number of fused-ring (bicyclic) bond motifs is 11. The van der Waals surface area contributed by atoms with E-state index in [-0.39, 0.29) is 0 Å². The molecule has 61 heavy (non-hydrogen) atoms. The molecule has 2 aliphatic rings. The molecule has 0 heterocycles. The number of hydrogen-bond acceptors (Lipinski definition) is 2. The molecule has 0 aliphatic heterocycles. The number of nitrogens with zero attached hydrogens (tertiary/aromatic N) is 2. The molecule has 12 rings (SSSR count). The lowest BCUT2D eigenvalue weighted by molar-refractivity contribution is 0.795. The lowest BCUT2D eigenvalue weighted by atomic mass is 9.70. The predicted molar refractivity (Wildman–Crippen MR) is 255 cm³/mol. The first-order chi connectivity index (χ1) is 30.3. The van der Waals surface area contributed by atoms with Gasteiger partial charge >= 0.3 is 0 Å². The van der Waals surface area contributed by atoms with Crippen molar-refractivity contribution in [3.8, 4) is 33.4 Å². The van der Waals surface area contributed by atoms with E-state index in [2.05, 4.69) is 252 Å². The van der Waals surface area contributed by atoms with Crippen LogP contribution in [0.1, 0.15) is 22.3 Å². The van der Waals surface area contributed by atoms with Crippen molar-refractivity contribution in [3.63, 3.8) is 0 Å². The molecule has 2 nitrogen and oxygen atoms in total. The van der Waals surface area contributed by atoms with Gasteiger partial charge in [0.2, 0.25) is 0 Å². The molecule has 2 aliphatic carbocycles. The van der Waals surface area contributed by atoms with Gasteiger partial charge < -0.3 is 9.80 Å². The average Bonchev–Trinajstić information content (AvgIpc) is 3.81. The van der Waals surface area contributed by atoms with Gasteiger partial charge in [0.05, 0.1) is 22.5 Å². The van der Waals surface area contributed by atoms with Crippen molar-refractivity contribution >= 4 is 44.9 Å². The number of rotatable bonds is 7. The summed E-state index contributed by atoms with van der Waals surface area (Å²) in [5.74, 6) is 0. The van der Waals surface area contributed by atoms with Gasteiger partial charge in [-0.1, -0.05) is 188 Å². The number of hydrogen-bond donors (Lipinski definition) is 0. The van der Waals surface area contributed by atoms with E-state index in [1.54, 1.807) is 0 Å². The molecule has 0 saturated heterocycles. The Morgan fingerprint density at radius 3 is 1.39 bits per heavy atom. The molecular weight excluding hydrogens is 737 g/mol. The molecular formula is C59H40N2. The van der Waals surface area contributed by atoms with Gasteiger partial charge in [-0.15, -0.1) is 0 Å². The molecule has 0 N–H and O–H groups in total. The molecule has 10 aromatic rings. The van der Waals surface area contributed by atoms with E-state index in [1.807, 2.05) is 0 Å². The van der Waals surface area contributed by atoms with Crippen LogP contribution >= 0.6 is 0 Å². The van der Waals surface area contributed by atoms with E-state index in [4.69, 9.17) is 0 Å². The summed E-state index contributed by atoms with van der Waals surface area (Å²) in [5, 5.41) is 2.43. The Hall–Kier alpha value is -7.94. The van der Waals surface area contributed by atoms with E-state index in [0.29, 0.717) is 0 Å². The van der Waals surface area contributed by atoms with Gasteiger partial charge in [0.15, 0.2) is 0 Å². The highest BCUT2D eigenvalue weighted by Crippen LogP contribution is 2.67. The highest BCUT2D eigenvalue weighted by molar-refractivity contribution is 6.12. The van der Waals surface area contributed by atoms with Crippen molar-refractivity contribution in [2.24, 2.45) is 0 Å². The van der Waals surface area contributed by atoms with Crippen LogP contribution in [0.15, 0.2) is 243 Å². The van der Waals surface area contributed by atoms with Crippen LogP contribution in [-0.2, 0) is 5.41 Å². The second-order valence-electron chi connectivity index (χ2n) is 16.0. The van der Waals surface area contributed by atoms with Crippen LogP contribution in [0.4, 0.5) is 34.1 Å². The smallest absolute Gasteiger partial charge is 0.0727 e. The minimum Gasteiger partial charge on any atom is -0.309 e. The Balaban J connectivity index is 1.20. The van der Waals surface area contributed by atoms with Gasteiger partial charge in [-0.3, -0.25) is 0 Å². The zero-order chi connectivity index (χ0) is 40.3. The maximum atomic E-state index is 2.50. The molecule has 286 valence electrons. The van der Waals surface area contributed by atoms with Crippen molar-refractivity contribution in [2.75, 3.05) is 9.80 Å². The number of benzene rings is 10. The van der Waals surface area contributed by atoms with E-state index >= 15 is 0 Å². The highest BCUT2D eigenvalue weighted by atomic mass is 15.2. The summed E-state index contributed by atoms with van der Waals surface area (Å²) in [6.45, 7) is 0. The molecule has 1 unspecified atom stereocenters. The minimum absolute atomic E-state index is 0.590. The summed E-state index contributed by atoms with van der Waals surface area (Å²) in [7, 11) is 0. The second-order valence-corrected chi connectivity index (χ2v) is 16.0. The van der Waals surface area contributed by atoms with E-state index < -0.39 is 5.41 Å². The second kappa shape index (κ2) is 14.1. The maximum Gasteiger partial charge on any atom is 0.0727 e. The van der Waals surface area contributed by atoms with E-state index in [0.717, 1.165) is 28.4 Å². The van der Waals surface area contributed by atoms with Gasteiger partial charge in [0, 0.05) is 39.1 Å². The molecule has 0 fully saturated rings. The molecule has 1 atom stereocenters. The van der Waals surface area contributed by atoms with E-state index in [9.17, 15) is 0 Å². The molecule has 0 saturated carbocycles. The Morgan fingerprint density at radius 2 is 0.754 bits per heavy atom. The third-order valence-electron chi connectivity index (χ3n) is 12.8. The van der Waals surface area contributed by atoms with Crippen LogP contribution in [0.25, 0.3) is 44.2 Å². The SMILES string of the molecule is c1ccc(-c2ccccc2N(c2ccccc2)c2cccc3c2-c2ccccc2C32c3ccccc3-c3c2cc2ccccc2c3N(c2ccccc2)c2ccccc2)cc1. The van der Waals surface area contributed by atoms with E-state index in [1.165, 1.54) is 72.1 Å². The largest absolute Gasteiger partial charge is 0.309 e. The average molecular weight is 777 g/mol. The minimum atomic E-state index is -0.590. The van der Waals surface area contributed by atoms with Gasteiger partial charge in [0.1, 0.15) is 0 Å². The van der Waals surface area contributed by atoms with Crippen LogP contribution in [0.5, 0.6) is 0 Å². The standard InChI is InChI=1S/C59H40N2/c1-5-22-41(23-6-1)46-31-17-20-38-54(46)61(45-29-11-4-12-30-45)55-39-21-37-52-56(55)48-33-15-18-35-50(48)59(52)51-36-19-16-34-49(51)57-53(59)40-42-24-13-14-32-47(42)58(57)60(43-25-7-2-8-26-43)44-27-9-3-10-28-44/h1-40H. The summed E-state index contributed by atoms with van der Waals surface area (Å²) >= 11 is 0. The summed E-state index contributed by atoms with van der Waals surface area (Å²) < 4.78 is 0. The van der Waals surface area contributed by atoms with Gasteiger partial charge in [-0.2, -0.15) is 0 Å². The van der Waals surface area contributed by atoms with Crippen molar-refractivity contribution in [3.05, 3.63) is 265 Å². The summed E-state index contributed by atoms with van der Waals surface area (Å²) in [5.41, 5.74) is 18.9. The van der Waals surface area contributed by atoms with Crippen molar-refractivity contribution < 1.29 is 0 Å². The molecule has 0 aromatic heterocycles. The summed E-state index contributed by atoms with van der Waals surface area (Å²) in [6, 6.07) is 89.0. The molecule has 2 heteroatoms. The lowest BCUT2D eigenvalue weighted by Crippen LogP contribution is -2.26. The van der Waals surface area contributed by atoms with Crippen LogP contribution < -0.4 is 9.80 Å². The topological polar surface area (TPSA) is 6.48 Å². The lowest BCUT2D eigenvalue weighted by Gasteiger charge is -2.33. The predicted octanol–water partition coefficient (Wildman–Crippen LogP) is 15.8. The van der Waals surface area contributed by atoms with Crippen LogP contribution in [-0.4, -0.2) is 0 Å².